The number of aliphatic carboxylic acids is 1. The van der Waals surface area contributed by atoms with Crippen molar-refractivity contribution >= 4 is 23.3 Å². The molecule has 1 rings (SSSR count). The number of hydrogen-bond donors (Lipinski definition) is 3. The number of carboxylic acid groups (broad SMARTS) is 1. The average Bonchev–Trinajstić information content (AvgIpc) is 2.71. The van der Waals surface area contributed by atoms with E-state index in [1.54, 1.807) is 11.3 Å². The molecule has 0 spiro atoms. The van der Waals surface area contributed by atoms with Gasteiger partial charge in [-0.25, -0.2) is 9.59 Å². The number of rotatable bonds is 7. The molecule has 0 aliphatic carbocycles. The van der Waals surface area contributed by atoms with E-state index < -0.39 is 18.0 Å². The lowest BCUT2D eigenvalue weighted by atomic mass is 10.1. The smallest absolute Gasteiger partial charge is 0.326 e. The minimum absolute atomic E-state index is 0.422. The Balaban J connectivity index is 2.43. The predicted octanol–water partition coefficient (Wildman–Crippen LogP) is 2.81. The minimum Gasteiger partial charge on any atom is -0.480 e. The highest BCUT2D eigenvalue weighted by molar-refractivity contribution is 7.12. The van der Waals surface area contributed by atoms with Crippen LogP contribution in [-0.2, 0) is 11.3 Å². The summed E-state index contributed by atoms with van der Waals surface area (Å²) < 4.78 is 0. The van der Waals surface area contributed by atoms with E-state index in [1.165, 1.54) is 10.4 Å². The van der Waals surface area contributed by atoms with Crippen LogP contribution in [0.1, 0.15) is 41.5 Å². The number of thiophene rings is 1. The molecule has 6 heteroatoms. The summed E-state index contributed by atoms with van der Waals surface area (Å²) in [5, 5.41) is 14.2. The van der Waals surface area contributed by atoms with Gasteiger partial charge in [-0.2, -0.15) is 0 Å². The van der Waals surface area contributed by atoms with Crippen molar-refractivity contribution in [3.8, 4) is 0 Å². The quantitative estimate of drug-likeness (QED) is 0.724. The summed E-state index contributed by atoms with van der Waals surface area (Å²) >= 11 is 1.64. The van der Waals surface area contributed by atoms with E-state index in [0.29, 0.717) is 13.0 Å². The molecule has 1 aromatic rings. The second-order valence-electron chi connectivity index (χ2n) is 4.81. The molecule has 0 saturated heterocycles. The Morgan fingerprint density at radius 2 is 2.10 bits per heavy atom. The molecule has 0 aliphatic rings. The van der Waals surface area contributed by atoms with Gasteiger partial charge in [-0.1, -0.05) is 19.8 Å². The first kappa shape index (κ1) is 16.5. The van der Waals surface area contributed by atoms with Gasteiger partial charge in [0.2, 0.25) is 0 Å². The lowest BCUT2D eigenvalue weighted by Crippen LogP contribution is -2.45. The number of unbranched alkanes of at least 4 members (excludes halogenated alkanes) is 1. The van der Waals surface area contributed by atoms with Crippen LogP contribution < -0.4 is 10.6 Å². The summed E-state index contributed by atoms with van der Waals surface area (Å²) in [6.07, 6.45) is 2.14. The minimum atomic E-state index is -0.989. The lowest BCUT2D eigenvalue weighted by molar-refractivity contribution is -0.139. The fourth-order valence-electron chi connectivity index (χ4n) is 1.78. The van der Waals surface area contributed by atoms with Crippen molar-refractivity contribution in [2.75, 3.05) is 0 Å². The third-order valence-electron chi connectivity index (χ3n) is 3.09. The molecule has 0 aliphatic heterocycles. The maximum atomic E-state index is 11.7. The molecule has 20 heavy (non-hydrogen) atoms. The van der Waals surface area contributed by atoms with Gasteiger partial charge in [0.25, 0.3) is 0 Å². The fraction of sp³-hybridized carbons (Fsp3) is 0.571. The SMILES string of the molecule is CCCC[C@H](NC(=O)NCc1cc(C)c(C)s1)C(=O)O. The number of urea groups is 1. The van der Waals surface area contributed by atoms with E-state index in [2.05, 4.69) is 10.6 Å². The molecule has 5 nitrogen and oxygen atoms in total. The molecule has 0 aromatic carbocycles. The molecule has 3 N–H and O–H groups in total. The van der Waals surface area contributed by atoms with Crippen LogP contribution in [0.25, 0.3) is 0 Å². The number of aryl methyl sites for hydroxylation is 2. The topological polar surface area (TPSA) is 78.4 Å². The second-order valence-corrected chi connectivity index (χ2v) is 6.15. The van der Waals surface area contributed by atoms with Gasteiger partial charge < -0.3 is 15.7 Å². The van der Waals surface area contributed by atoms with E-state index in [9.17, 15) is 9.59 Å². The molecule has 0 bridgehead atoms. The van der Waals surface area contributed by atoms with Gasteiger partial charge >= 0.3 is 12.0 Å². The second kappa shape index (κ2) is 7.89. The Morgan fingerprint density at radius 3 is 2.60 bits per heavy atom. The van der Waals surface area contributed by atoms with Crippen LogP contribution in [0.5, 0.6) is 0 Å². The molecule has 112 valence electrons. The Labute approximate surface area is 123 Å². The summed E-state index contributed by atoms with van der Waals surface area (Å²) in [6.45, 7) is 6.47. The predicted molar refractivity (Wildman–Crippen MR) is 80.1 cm³/mol. The molecule has 0 fully saturated rings. The van der Waals surface area contributed by atoms with Crippen molar-refractivity contribution in [2.45, 2.75) is 52.6 Å². The molecule has 1 aromatic heterocycles. The van der Waals surface area contributed by atoms with Crippen molar-refractivity contribution in [1.82, 2.24) is 10.6 Å². The van der Waals surface area contributed by atoms with Gasteiger partial charge in [0.15, 0.2) is 0 Å². The van der Waals surface area contributed by atoms with Crippen molar-refractivity contribution in [1.29, 1.82) is 0 Å². The fourth-order valence-corrected chi connectivity index (χ4v) is 2.77. The molecule has 0 unspecified atom stereocenters. The Hall–Kier alpha value is -1.56. The van der Waals surface area contributed by atoms with E-state index in [-0.39, 0.29) is 0 Å². The maximum absolute atomic E-state index is 11.7. The first-order valence-electron chi connectivity index (χ1n) is 6.77. The van der Waals surface area contributed by atoms with E-state index in [0.717, 1.165) is 17.7 Å². The normalized spacial score (nSPS) is 11.9. The van der Waals surface area contributed by atoms with Crippen molar-refractivity contribution in [3.63, 3.8) is 0 Å². The highest BCUT2D eigenvalue weighted by atomic mass is 32.1. The summed E-state index contributed by atoms with van der Waals surface area (Å²) in [5.41, 5.74) is 1.21. The summed E-state index contributed by atoms with van der Waals surface area (Å²) in [5.74, 6) is -0.989. The standard InChI is InChI=1S/C14H22N2O3S/c1-4-5-6-12(13(17)18)16-14(19)15-8-11-7-9(2)10(3)20-11/h7,12H,4-6,8H2,1-3H3,(H,17,18)(H2,15,16,19)/t12-/m0/s1. The number of nitrogens with one attached hydrogen (secondary N) is 2. The number of carbonyl (C=O) groups excluding carboxylic acids is 1. The molecule has 0 radical (unpaired) electrons. The molecule has 2 amide bonds. The van der Waals surface area contributed by atoms with Crippen LogP contribution in [0.2, 0.25) is 0 Å². The third kappa shape index (κ3) is 5.21. The summed E-state index contributed by atoms with van der Waals surface area (Å²) in [7, 11) is 0. The van der Waals surface area contributed by atoms with Crippen LogP contribution in [0.3, 0.4) is 0 Å². The van der Waals surface area contributed by atoms with E-state index in [4.69, 9.17) is 5.11 Å². The Bertz CT molecular complexity index is 451. The zero-order chi connectivity index (χ0) is 15.1. The maximum Gasteiger partial charge on any atom is 0.326 e. The van der Waals surface area contributed by atoms with Gasteiger partial charge in [0, 0.05) is 9.75 Å². The third-order valence-corrected chi connectivity index (χ3v) is 4.24. The first-order valence-corrected chi connectivity index (χ1v) is 7.58. The van der Waals surface area contributed by atoms with Gasteiger partial charge in [0.05, 0.1) is 6.54 Å². The van der Waals surface area contributed by atoms with Gasteiger partial charge in [0.1, 0.15) is 6.04 Å². The molecule has 1 heterocycles. The number of hydrogen-bond acceptors (Lipinski definition) is 3. The lowest BCUT2D eigenvalue weighted by Gasteiger charge is -2.14. The van der Waals surface area contributed by atoms with Crippen molar-refractivity contribution in [2.24, 2.45) is 0 Å². The highest BCUT2D eigenvalue weighted by Gasteiger charge is 2.18. The summed E-state index contributed by atoms with van der Waals surface area (Å²) in [6, 6.07) is 0.783. The highest BCUT2D eigenvalue weighted by Crippen LogP contribution is 2.20. The van der Waals surface area contributed by atoms with Gasteiger partial charge in [-0.3, -0.25) is 0 Å². The Morgan fingerprint density at radius 1 is 1.40 bits per heavy atom. The molecular formula is C14H22N2O3S. The zero-order valence-corrected chi connectivity index (χ0v) is 13.0. The first-order chi connectivity index (χ1) is 9.43. The van der Waals surface area contributed by atoms with Crippen LogP contribution in [-0.4, -0.2) is 23.1 Å². The number of carbonyl (C=O) groups is 2. The number of amides is 2. The largest absolute Gasteiger partial charge is 0.480 e. The monoisotopic (exact) mass is 298 g/mol. The van der Waals surface area contributed by atoms with Crippen LogP contribution in [0, 0.1) is 13.8 Å². The molecule has 1 atom stereocenters. The van der Waals surface area contributed by atoms with Crippen LogP contribution in [0.15, 0.2) is 6.07 Å². The summed E-state index contributed by atoms with van der Waals surface area (Å²) in [4.78, 5) is 25.0. The van der Waals surface area contributed by atoms with Crippen molar-refractivity contribution in [3.05, 3.63) is 21.4 Å². The van der Waals surface area contributed by atoms with Gasteiger partial charge in [-0.15, -0.1) is 11.3 Å². The van der Waals surface area contributed by atoms with Crippen LogP contribution in [0.4, 0.5) is 4.79 Å². The van der Waals surface area contributed by atoms with Crippen LogP contribution >= 0.6 is 11.3 Å². The van der Waals surface area contributed by atoms with E-state index in [1.807, 2.05) is 26.8 Å². The van der Waals surface area contributed by atoms with Gasteiger partial charge in [-0.05, 0) is 31.9 Å². The van der Waals surface area contributed by atoms with Crippen molar-refractivity contribution < 1.29 is 14.7 Å². The van der Waals surface area contributed by atoms with E-state index >= 15 is 0 Å². The average molecular weight is 298 g/mol. The molecular weight excluding hydrogens is 276 g/mol. The Kier molecular flexibility index (Phi) is 6.51. The molecule has 0 saturated carbocycles. The number of carboxylic acids is 1. The zero-order valence-electron chi connectivity index (χ0n) is 12.2.